The number of nitrogens with one attached hydrogen (secondary N) is 1. The number of methoxy groups -OCH3 is 1. The number of ether oxygens (including phenoxy) is 1. The molecule has 0 radical (unpaired) electrons. The fraction of sp³-hybridized carbons (Fsp3) is 0.0476. The maximum atomic E-state index is 12.5. The zero-order chi connectivity index (χ0) is 18.8. The molecule has 0 unspecified atom stereocenters. The highest BCUT2D eigenvalue weighted by Gasteiger charge is 2.27. The minimum absolute atomic E-state index is 0.133. The van der Waals surface area contributed by atoms with Crippen LogP contribution in [0.5, 0.6) is 5.75 Å². The predicted octanol–water partition coefficient (Wildman–Crippen LogP) is 3.53. The molecule has 6 heteroatoms. The Morgan fingerprint density at radius 2 is 1.81 bits per heavy atom. The summed E-state index contributed by atoms with van der Waals surface area (Å²) in [5.74, 6) is 0.164. The van der Waals surface area contributed by atoms with Crippen molar-refractivity contribution in [3.63, 3.8) is 0 Å². The van der Waals surface area contributed by atoms with Gasteiger partial charge >= 0.3 is 0 Å². The summed E-state index contributed by atoms with van der Waals surface area (Å²) in [4.78, 5) is 32.4. The molecule has 2 aromatic carbocycles. The van der Waals surface area contributed by atoms with Crippen LogP contribution in [0.4, 0.5) is 5.69 Å². The molecule has 27 heavy (non-hydrogen) atoms. The van der Waals surface area contributed by atoms with Crippen LogP contribution in [0.2, 0.25) is 0 Å². The van der Waals surface area contributed by atoms with Crippen LogP contribution in [0.3, 0.4) is 0 Å². The summed E-state index contributed by atoms with van der Waals surface area (Å²) in [6.45, 7) is 0. The van der Waals surface area contributed by atoms with E-state index in [9.17, 15) is 9.59 Å². The fourth-order valence-corrected chi connectivity index (χ4v) is 2.90. The molecule has 0 fully saturated rings. The Hall–Kier alpha value is -3.80. The first-order valence-electron chi connectivity index (χ1n) is 8.28. The molecule has 0 aliphatic heterocycles. The molecule has 1 N–H and O–H groups in total. The second-order valence-electron chi connectivity index (χ2n) is 5.97. The summed E-state index contributed by atoms with van der Waals surface area (Å²) in [5, 5.41) is 3.01. The van der Waals surface area contributed by atoms with Crippen molar-refractivity contribution in [2.24, 2.45) is 0 Å². The van der Waals surface area contributed by atoms with Gasteiger partial charge in [0.25, 0.3) is 0 Å². The number of ketones is 2. The Bertz CT molecular complexity index is 1070. The van der Waals surface area contributed by atoms with E-state index in [1.165, 1.54) is 18.6 Å². The van der Waals surface area contributed by atoms with Crippen LogP contribution in [-0.4, -0.2) is 28.6 Å². The first kappa shape index (κ1) is 16.7. The van der Waals surface area contributed by atoms with E-state index in [0.29, 0.717) is 5.69 Å². The molecule has 0 saturated heterocycles. The third kappa shape index (κ3) is 3.20. The largest absolute Gasteiger partial charge is 0.497 e. The molecular formula is C21H15N3O3. The monoisotopic (exact) mass is 357 g/mol. The third-order valence-electron chi connectivity index (χ3n) is 4.28. The van der Waals surface area contributed by atoms with Gasteiger partial charge in [0.2, 0.25) is 11.6 Å². The van der Waals surface area contributed by atoms with Crippen molar-refractivity contribution in [3.05, 3.63) is 84.1 Å². The number of rotatable bonds is 4. The number of Topliss-reactive ketones (excluding diaryl/α,β-unsaturated/α-hetero) is 1. The number of carbonyl (C=O) groups is 2. The molecule has 1 aliphatic carbocycles. The Kier molecular flexibility index (Phi) is 4.22. The third-order valence-corrected chi connectivity index (χ3v) is 4.28. The average molecular weight is 357 g/mol. The number of aromatic nitrogens is 2. The van der Waals surface area contributed by atoms with Gasteiger partial charge in [-0.05, 0) is 35.4 Å². The SMILES string of the molecule is COc1cccc(-c2ccc(NC3=CC(=O)c4ncncc4C3=O)cc2)c1. The molecule has 1 aliphatic rings. The normalized spacial score (nSPS) is 13.0. The Balaban J connectivity index is 1.57. The Morgan fingerprint density at radius 3 is 2.59 bits per heavy atom. The number of carbonyl (C=O) groups excluding carboxylic acids is 2. The first-order valence-corrected chi connectivity index (χ1v) is 8.28. The molecule has 132 valence electrons. The quantitative estimate of drug-likeness (QED) is 0.769. The van der Waals surface area contributed by atoms with Gasteiger partial charge in [0, 0.05) is 18.0 Å². The molecule has 1 heterocycles. The average Bonchev–Trinajstić information content (AvgIpc) is 2.72. The van der Waals surface area contributed by atoms with Gasteiger partial charge in [-0.25, -0.2) is 9.97 Å². The van der Waals surface area contributed by atoms with E-state index in [-0.39, 0.29) is 28.5 Å². The van der Waals surface area contributed by atoms with Gasteiger partial charge in [0.05, 0.1) is 18.4 Å². The van der Waals surface area contributed by atoms with E-state index in [4.69, 9.17) is 4.74 Å². The summed E-state index contributed by atoms with van der Waals surface area (Å²) in [5.41, 5.74) is 3.29. The molecule has 0 spiro atoms. The van der Waals surface area contributed by atoms with E-state index in [2.05, 4.69) is 15.3 Å². The van der Waals surface area contributed by atoms with Crippen LogP contribution >= 0.6 is 0 Å². The summed E-state index contributed by atoms with van der Waals surface area (Å²) < 4.78 is 5.25. The minimum Gasteiger partial charge on any atom is -0.497 e. The van der Waals surface area contributed by atoms with Crippen molar-refractivity contribution in [2.45, 2.75) is 0 Å². The number of hydrogen-bond donors (Lipinski definition) is 1. The van der Waals surface area contributed by atoms with Crippen molar-refractivity contribution in [2.75, 3.05) is 12.4 Å². The van der Waals surface area contributed by atoms with Crippen molar-refractivity contribution in [1.29, 1.82) is 0 Å². The van der Waals surface area contributed by atoms with Crippen molar-refractivity contribution in [3.8, 4) is 16.9 Å². The molecule has 6 nitrogen and oxygen atoms in total. The maximum Gasteiger partial charge on any atom is 0.213 e. The molecule has 3 aromatic rings. The van der Waals surface area contributed by atoms with E-state index in [0.717, 1.165) is 16.9 Å². The van der Waals surface area contributed by atoms with Crippen LogP contribution in [0.25, 0.3) is 11.1 Å². The lowest BCUT2D eigenvalue weighted by atomic mass is 9.98. The molecule has 0 saturated carbocycles. The Labute approximate surface area is 155 Å². The van der Waals surface area contributed by atoms with E-state index in [1.807, 2.05) is 48.5 Å². The zero-order valence-electron chi connectivity index (χ0n) is 14.5. The van der Waals surface area contributed by atoms with Gasteiger partial charge < -0.3 is 10.1 Å². The van der Waals surface area contributed by atoms with Gasteiger partial charge in [-0.2, -0.15) is 0 Å². The topological polar surface area (TPSA) is 81.2 Å². The molecule has 4 rings (SSSR count). The van der Waals surface area contributed by atoms with Crippen molar-refractivity contribution >= 4 is 17.3 Å². The lowest BCUT2D eigenvalue weighted by molar-refractivity contribution is 0.0981. The number of fused-ring (bicyclic) bond motifs is 1. The number of hydrogen-bond acceptors (Lipinski definition) is 6. The summed E-state index contributed by atoms with van der Waals surface area (Å²) in [6, 6.07) is 15.3. The van der Waals surface area contributed by atoms with E-state index in [1.54, 1.807) is 7.11 Å². The van der Waals surface area contributed by atoms with Crippen LogP contribution in [-0.2, 0) is 0 Å². The second kappa shape index (κ2) is 6.84. The van der Waals surface area contributed by atoms with Crippen LogP contribution in [0.1, 0.15) is 20.8 Å². The zero-order valence-corrected chi connectivity index (χ0v) is 14.5. The second-order valence-corrected chi connectivity index (χ2v) is 5.97. The standard InChI is InChI=1S/C21H15N3O3/c1-27-16-4-2-3-14(9-16)13-5-7-15(8-6-13)24-18-10-19(25)20-17(21(18)26)11-22-12-23-20/h2-12,24H,1H3. The van der Waals surface area contributed by atoms with E-state index >= 15 is 0 Å². The van der Waals surface area contributed by atoms with Crippen LogP contribution in [0, 0.1) is 0 Å². The lowest BCUT2D eigenvalue weighted by Crippen LogP contribution is -2.22. The predicted molar refractivity (Wildman–Crippen MR) is 101 cm³/mol. The lowest BCUT2D eigenvalue weighted by Gasteiger charge is -2.15. The molecule has 0 bridgehead atoms. The van der Waals surface area contributed by atoms with Crippen molar-refractivity contribution in [1.82, 2.24) is 9.97 Å². The van der Waals surface area contributed by atoms with Crippen molar-refractivity contribution < 1.29 is 14.3 Å². The molecule has 0 amide bonds. The van der Waals surface area contributed by atoms with Gasteiger partial charge in [0.1, 0.15) is 17.8 Å². The molecular weight excluding hydrogens is 342 g/mol. The highest BCUT2D eigenvalue weighted by atomic mass is 16.5. The highest BCUT2D eigenvalue weighted by Crippen LogP contribution is 2.26. The first-order chi connectivity index (χ1) is 13.2. The van der Waals surface area contributed by atoms with E-state index < -0.39 is 0 Å². The van der Waals surface area contributed by atoms with Gasteiger partial charge in [0.15, 0.2) is 0 Å². The number of allylic oxidation sites excluding steroid dienone is 2. The van der Waals surface area contributed by atoms with Crippen LogP contribution in [0.15, 0.2) is 72.8 Å². The number of nitrogens with zero attached hydrogens (tertiary/aromatic N) is 2. The molecule has 0 atom stereocenters. The summed E-state index contributed by atoms with van der Waals surface area (Å²) in [7, 11) is 1.63. The Morgan fingerprint density at radius 1 is 1.00 bits per heavy atom. The minimum atomic E-state index is -0.317. The molecule has 1 aromatic heterocycles. The smallest absolute Gasteiger partial charge is 0.213 e. The number of anilines is 1. The van der Waals surface area contributed by atoms with Gasteiger partial charge in [-0.3, -0.25) is 9.59 Å². The number of benzene rings is 2. The van der Waals surface area contributed by atoms with Gasteiger partial charge in [-0.15, -0.1) is 0 Å². The fourth-order valence-electron chi connectivity index (χ4n) is 2.90. The highest BCUT2D eigenvalue weighted by molar-refractivity contribution is 6.24. The summed E-state index contributed by atoms with van der Waals surface area (Å²) in [6.07, 6.45) is 3.89. The van der Waals surface area contributed by atoms with Gasteiger partial charge in [-0.1, -0.05) is 24.3 Å². The van der Waals surface area contributed by atoms with Crippen LogP contribution < -0.4 is 10.1 Å². The maximum absolute atomic E-state index is 12.5. The summed E-state index contributed by atoms with van der Waals surface area (Å²) >= 11 is 0.